The number of rotatable bonds is 5. The molecule has 1 aromatic rings. The van der Waals surface area contributed by atoms with Crippen LogP contribution in [0.4, 0.5) is 4.79 Å². The zero-order valence-corrected chi connectivity index (χ0v) is 15.2. The molecule has 1 atom stereocenters. The first kappa shape index (κ1) is 19.2. The molecule has 0 radical (unpaired) electrons. The minimum Gasteiger partial charge on any atom is -0.480 e. The molecule has 1 aliphatic heterocycles. The van der Waals surface area contributed by atoms with Crippen molar-refractivity contribution in [3.8, 4) is 0 Å². The molecule has 6 nitrogen and oxygen atoms in total. The van der Waals surface area contributed by atoms with Crippen molar-refractivity contribution in [3.63, 3.8) is 0 Å². The Kier molecular flexibility index (Phi) is 6.42. The first-order valence-electron chi connectivity index (χ1n) is 8.74. The summed E-state index contributed by atoms with van der Waals surface area (Å²) < 4.78 is 5.15. The third kappa shape index (κ3) is 6.38. The first-order valence-corrected chi connectivity index (χ1v) is 8.74. The number of alkyl carbamates (subject to hydrolysis) is 1. The largest absolute Gasteiger partial charge is 0.480 e. The Labute approximate surface area is 149 Å². The molecule has 2 rings (SSSR count). The lowest BCUT2D eigenvalue weighted by atomic mass is 9.89. The molecular weight excluding hydrogens is 320 g/mol. The highest BCUT2D eigenvalue weighted by molar-refractivity contribution is 5.80. The van der Waals surface area contributed by atoms with Gasteiger partial charge < -0.3 is 20.1 Å². The highest BCUT2D eigenvalue weighted by atomic mass is 16.6. The van der Waals surface area contributed by atoms with Crippen molar-refractivity contribution in [1.82, 2.24) is 10.2 Å². The molecule has 1 fully saturated rings. The molecule has 0 saturated carbocycles. The first-order chi connectivity index (χ1) is 11.7. The number of carbonyl (C=O) groups excluding carboxylic acids is 1. The van der Waals surface area contributed by atoms with E-state index in [4.69, 9.17) is 4.74 Å². The second-order valence-electron chi connectivity index (χ2n) is 7.52. The molecule has 25 heavy (non-hydrogen) atoms. The number of benzene rings is 1. The van der Waals surface area contributed by atoms with Crippen LogP contribution in [0.2, 0.25) is 0 Å². The van der Waals surface area contributed by atoms with E-state index in [1.807, 2.05) is 18.2 Å². The molecule has 0 spiro atoms. The van der Waals surface area contributed by atoms with Crippen LogP contribution in [0.5, 0.6) is 0 Å². The van der Waals surface area contributed by atoms with Crippen LogP contribution in [0.1, 0.15) is 45.1 Å². The number of nitrogens with one attached hydrogen (secondary N) is 1. The fourth-order valence-electron chi connectivity index (χ4n) is 3.07. The summed E-state index contributed by atoms with van der Waals surface area (Å²) in [5.74, 6) is -0.532. The Balaban J connectivity index is 1.85. The van der Waals surface area contributed by atoms with E-state index < -0.39 is 23.7 Å². The smallest absolute Gasteiger partial charge is 0.408 e. The van der Waals surface area contributed by atoms with Gasteiger partial charge in [0.05, 0.1) is 0 Å². The van der Waals surface area contributed by atoms with Crippen molar-refractivity contribution in [2.45, 2.75) is 51.2 Å². The average molecular weight is 348 g/mol. The van der Waals surface area contributed by atoms with E-state index in [-0.39, 0.29) is 6.54 Å². The number of amides is 1. The summed E-state index contributed by atoms with van der Waals surface area (Å²) in [5, 5.41) is 11.8. The highest BCUT2D eigenvalue weighted by Gasteiger charge is 2.28. The fraction of sp³-hybridized carbons (Fsp3) is 0.579. The Hall–Kier alpha value is -2.08. The van der Waals surface area contributed by atoms with Gasteiger partial charge in [0.25, 0.3) is 0 Å². The van der Waals surface area contributed by atoms with Crippen LogP contribution in [0, 0.1) is 0 Å². The standard InChI is InChI=1S/C19H28N2O4/c1-19(2,3)25-18(24)20-16(17(22)23)13-21-11-9-15(10-12-21)14-7-5-4-6-8-14/h4-8,15-16H,9-13H2,1-3H3,(H,20,24)(H,22,23)/t16-/m0/s1. The zero-order valence-electron chi connectivity index (χ0n) is 15.2. The minimum atomic E-state index is -1.05. The fourth-order valence-corrected chi connectivity index (χ4v) is 3.07. The molecule has 1 aromatic carbocycles. The van der Waals surface area contributed by atoms with Gasteiger partial charge in [-0.2, -0.15) is 0 Å². The topological polar surface area (TPSA) is 78.9 Å². The molecule has 1 heterocycles. The third-order valence-corrected chi connectivity index (χ3v) is 4.29. The van der Waals surface area contributed by atoms with Gasteiger partial charge in [-0.15, -0.1) is 0 Å². The van der Waals surface area contributed by atoms with E-state index in [2.05, 4.69) is 22.3 Å². The maximum Gasteiger partial charge on any atom is 0.408 e. The van der Waals surface area contributed by atoms with Crippen LogP contribution in [-0.2, 0) is 9.53 Å². The summed E-state index contributed by atoms with van der Waals surface area (Å²) in [6.45, 7) is 7.17. The predicted octanol–water partition coefficient (Wildman–Crippen LogP) is 2.84. The van der Waals surface area contributed by atoms with Crippen molar-refractivity contribution < 1.29 is 19.4 Å². The van der Waals surface area contributed by atoms with Crippen LogP contribution >= 0.6 is 0 Å². The van der Waals surface area contributed by atoms with Crippen molar-refractivity contribution >= 4 is 12.1 Å². The van der Waals surface area contributed by atoms with Gasteiger partial charge in [0.1, 0.15) is 11.6 Å². The molecule has 0 aromatic heterocycles. The molecular formula is C19H28N2O4. The van der Waals surface area contributed by atoms with Crippen LogP contribution in [0.15, 0.2) is 30.3 Å². The van der Waals surface area contributed by atoms with Crippen LogP contribution in [0.25, 0.3) is 0 Å². The van der Waals surface area contributed by atoms with E-state index in [1.165, 1.54) is 5.56 Å². The quantitative estimate of drug-likeness (QED) is 0.855. The molecule has 1 amide bonds. The number of hydrogen-bond acceptors (Lipinski definition) is 4. The number of carbonyl (C=O) groups is 2. The molecule has 138 valence electrons. The van der Waals surface area contributed by atoms with E-state index >= 15 is 0 Å². The molecule has 2 N–H and O–H groups in total. The molecule has 0 bridgehead atoms. The number of carboxylic acids is 1. The van der Waals surface area contributed by atoms with E-state index in [0.29, 0.717) is 5.92 Å². The van der Waals surface area contributed by atoms with Crippen molar-refractivity contribution in [2.75, 3.05) is 19.6 Å². The lowest BCUT2D eigenvalue weighted by Gasteiger charge is -2.33. The number of hydrogen-bond donors (Lipinski definition) is 2. The molecule has 6 heteroatoms. The number of piperidine rings is 1. The highest BCUT2D eigenvalue weighted by Crippen LogP contribution is 2.27. The second kappa shape index (κ2) is 8.34. The number of aliphatic carboxylic acids is 1. The van der Waals surface area contributed by atoms with Crippen molar-refractivity contribution in [1.29, 1.82) is 0 Å². The summed E-state index contributed by atoms with van der Waals surface area (Å²) in [7, 11) is 0. The maximum atomic E-state index is 11.8. The van der Waals surface area contributed by atoms with Gasteiger partial charge in [-0.25, -0.2) is 9.59 Å². The summed E-state index contributed by atoms with van der Waals surface area (Å²) in [6.07, 6.45) is 1.28. The third-order valence-electron chi connectivity index (χ3n) is 4.29. The van der Waals surface area contributed by atoms with Gasteiger partial charge in [-0.05, 0) is 58.2 Å². The van der Waals surface area contributed by atoms with Gasteiger partial charge in [-0.1, -0.05) is 30.3 Å². The normalized spacial score (nSPS) is 17.7. The Morgan fingerprint density at radius 2 is 1.84 bits per heavy atom. The summed E-state index contributed by atoms with van der Waals surface area (Å²) in [6, 6.07) is 9.43. The van der Waals surface area contributed by atoms with Crippen LogP contribution in [0.3, 0.4) is 0 Å². The number of nitrogens with zero attached hydrogens (tertiary/aromatic N) is 1. The van der Waals surface area contributed by atoms with E-state index in [9.17, 15) is 14.7 Å². The lowest BCUT2D eigenvalue weighted by Crippen LogP contribution is -2.51. The van der Waals surface area contributed by atoms with Crippen LogP contribution < -0.4 is 5.32 Å². The summed E-state index contributed by atoms with van der Waals surface area (Å²) in [5.41, 5.74) is 0.685. The lowest BCUT2D eigenvalue weighted by molar-refractivity contribution is -0.140. The molecule has 0 unspecified atom stereocenters. The average Bonchev–Trinajstić information content (AvgIpc) is 2.54. The SMILES string of the molecule is CC(C)(C)OC(=O)N[C@@H](CN1CCC(c2ccccc2)CC1)C(=O)O. The Morgan fingerprint density at radius 1 is 1.24 bits per heavy atom. The van der Waals surface area contributed by atoms with Gasteiger partial charge in [0.2, 0.25) is 0 Å². The van der Waals surface area contributed by atoms with Crippen molar-refractivity contribution in [3.05, 3.63) is 35.9 Å². The summed E-state index contributed by atoms with van der Waals surface area (Å²) in [4.78, 5) is 25.4. The number of likely N-dealkylation sites (tertiary alicyclic amines) is 1. The number of carboxylic acid groups (broad SMARTS) is 1. The van der Waals surface area contributed by atoms with Crippen LogP contribution in [-0.4, -0.2) is 53.3 Å². The molecule has 1 saturated heterocycles. The maximum absolute atomic E-state index is 11.8. The number of ether oxygens (including phenoxy) is 1. The van der Waals surface area contributed by atoms with Gasteiger partial charge in [-0.3, -0.25) is 0 Å². The Morgan fingerprint density at radius 3 is 2.36 bits per heavy atom. The molecule has 0 aliphatic carbocycles. The van der Waals surface area contributed by atoms with Gasteiger partial charge in [0, 0.05) is 6.54 Å². The van der Waals surface area contributed by atoms with Gasteiger partial charge >= 0.3 is 12.1 Å². The molecule has 1 aliphatic rings. The minimum absolute atomic E-state index is 0.288. The van der Waals surface area contributed by atoms with E-state index in [0.717, 1.165) is 25.9 Å². The van der Waals surface area contributed by atoms with Gasteiger partial charge in [0.15, 0.2) is 0 Å². The summed E-state index contributed by atoms with van der Waals surface area (Å²) >= 11 is 0. The monoisotopic (exact) mass is 348 g/mol. The zero-order chi connectivity index (χ0) is 18.4. The Bertz CT molecular complexity index is 575. The van der Waals surface area contributed by atoms with Crippen molar-refractivity contribution in [2.24, 2.45) is 0 Å². The van der Waals surface area contributed by atoms with E-state index in [1.54, 1.807) is 20.8 Å². The predicted molar refractivity (Wildman–Crippen MR) is 95.7 cm³/mol. The second-order valence-corrected chi connectivity index (χ2v) is 7.52.